The Labute approximate surface area is 188 Å². The van der Waals surface area contributed by atoms with Crippen LogP contribution in [0, 0.1) is 0 Å². The molecule has 0 aliphatic carbocycles. The van der Waals surface area contributed by atoms with Crippen molar-refractivity contribution in [2.24, 2.45) is 22.2 Å². The number of guanidine groups is 1. The van der Waals surface area contributed by atoms with E-state index in [0.717, 1.165) is 6.92 Å². The van der Waals surface area contributed by atoms with Crippen LogP contribution in [0.3, 0.4) is 0 Å². The van der Waals surface area contributed by atoms with Crippen molar-refractivity contribution in [3.8, 4) is 0 Å². The molecule has 188 valence electrons. The van der Waals surface area contributed by atoms with Crippen LogP contribution in [0.5, 0.6) is 0 Å². The normalized spacial score (nSPS) is 12.5. The Balaban J connectivity index is 0. The quantitative estimate of drug-likeness (QED) is 0.0677. The Kier molecular flexibility index (Phi) is 15.8. The van der Waals surface area contributed by atoms with E-state index in [4.69, 9.17) is 37.3 Å². The molecule has 0 aliphatic heterocycles. The van der Waals surface area contributed by atoms with E-state index in [2.05, 4.69) is 15.6 Å². The van der Waals surface area contributed by atoms with Crippen LogP contribution >= 0.6 is 0 Å². The molecule has 16 nitrogen and oxygen atoms in total. The summed E-state index contributed by atoms with van der Waals surface area (Å²) in [5.74, 6) is -6.97. The first-order chi connectivity index (χ1) is 15.2. The molecule has 0 bridgehead atoms. The van der Waals surface area contributed by atoms with Gasteiger partial charge in [-0.1, -0.05) is 0 Å². The minimum atomic E-state index is -1.60. The number of rotatable bonds is 14. The molecule has 16 heteroatoms. The van der Waals surface area contributed by atoms with Crippen molar-refractivity contribution < 1.29 is 49.2 Å². The second-order valence-corrected chi connectivity index (χ2v) is 6.57. The van der Waals surface area contributed by atoms with Crippen LogP contribution in [0.25, 0.3) is 0 Å². The second kappa shape index (κ2) is 16.7. The highest BCUT2D eigenvalue weighted by atomic mass is 16.4. The van der Waals surface area contributed by atoms with Crippen LogP contribution in [0.1, 0.15) is 39.0 Å². The number of aliphatic imine (C=N–C) groups is 1. The van der Waals surface area contributed by atoms with E-state index in [1.54, 1.807) is 0 Å². The van der Waals surface area contributed by atoms with Gasteiger partial charge in [-0.15, -0.1) is 0 Å². The Morgan fingerprint density at radius 1 is 0.848 bits per heavy atom. The van der Waals surface area contributed by atoms with Crippen molar-refractivity contribution in [2.45, 2.75) is 57.2 Å². The molecule has 33 heavy (non-hydrogen) atoms. The second-order valence-electron chi connectivity index (χ2n) is 6.57. The summed E-state index contributed by atoms with van der Waals surface area (Å²) >= 11 is 0. The van der Waals surface area contributed by atoms with E-state index in [0.29, 0.717) is 0 Å². The average Bonchev–Trinajstić information content (AvgIpc) is 2.66. The lowest BCUT2D eigenvalue weighted by Crippen LogP contribution is -2.55. The fraction of sp³-hybridized carbons (Fsp3) is 0.588. The fourth-order valence-corrected chi connectivity index (χ4v) is 2.11. The molecule has 12 N–H and O–H groups in total. The number of carbonyl (C=O) groups is 6. The molecular formula is C17H30N6O10. The summed E-state index contributed by atoms with van der Waals surface area (Å²) in [5.41, 5.74) is 15.8. The number of nitrogens with one attached hydrogen (secondary N) is 2. The Morgan fingerprint density at radius 2 is 1.36 bits per heavy atom. The summed E-state index contributed by atoms with van der Waals surface area (Å²) in [7, 11) is 0. The number of hydrogen-bond acceptors (Lipinski definition) is 8. The predicted octanol–water partition coefficient (Wildman–Crippen LogP) is -3.15. The van der Waals surface area contributed by atoms with E-state index >= 15 is 0 Å². The zero-order chi connectivity index (χ0) is 26.1. The van der Waals surface area contributed by atoms with Crippen molar-refractivity contribution in [3.63, 3.8) is 0 Å². The highest BCUT2D eigenvalue weighted by Crippen LogP contribution is 2.03. The molecule has 0 spiro atoms. The van der Waals surface area contributed by atoms with Gasteiger partial charge in [-0.3, -0.25) is 29.0 Å². The van der Waals surface area contributed by atoms with Crippen LogP contribution < -0.4 is 27.8 Å². The first kappa shape index (κ1) is 31.2. The fourth-order valence-electron chi connectivity index (χ4n) is 2.11. The van der Waals surface area contributed by atoms with E-state index < -0.39 is 66.7 Å². The van der Waals surface area contributed by atoms with Gasteiger partial charge in [0.1, 0.15) is 12.1 Å². The number of carboxylic acid groups (broad SMARTS) is 4. The molecule has 0 saturated heterocycles. The largest absolute Gasteiger partial charge is 0.481 e. The Morgan fingerprint density at radius 3 is 1.79 bits per heavy atom. The highest BCUT2D eigenvalue weighted by molar-refractivity contribution is 5.94. The van der Waals surface area contributed by atoms with Gasteiger partial charge >= 0.3 is 17.9 Å². The molecule has 3 unspecified atom stereocenters. The van der Waals surface area contributed by atoms with Gasteiger partial charge in [-0.2, -0.15) is 0 Å². The number of hydrogen-bond donors (Lipinski definition) is 9. The zero-order valence-corrected chi connectivity index (χ0v) is 17.9. The summed E-state index contributed by atoms with van der Waals surface area (Å²) in [6, 6.07) is -4.26. The van der Waals surface area contributed by atoms with Gasteiger partial charge in [0, 0.05) is 19.9 Å². The van der Waals surface area contributed by atoms with E-state index in [-0.39, 0.29) is 31.8 Å². The molecule has 0 aromatic carbocycles. The maximum atomic E-state index is 12.3. The SMILES string of the molecule is CC(=O)O.NC(N)=NCCCC(NC(=O)C(CC(=O)O)NC(=O)C(N)CCC(=O)O)C(=O)O. The maximum Gasteiger partial charge on any atom is 0.326 e. The number of nitrogens with two attached hydrogens (primary N) is 3. The predicted molar refractivity (Wildman–Crippen MR) is 112 cm³/mol. The first-order valence-corrected chi connectivity index (χ1v) is 9.44. The molecule has 0 radical (unpaired) electrons. The maximum absolute atomic E-state index is 12.3. The van der Waals surface area contributed by atoms with Crippen LogP contribution in [-0.4, -0.2) is 86.7 Å². The van der Waals surface area contributed by atoms with Gasteiger partial charge in [0.15, 0.2) is 5.96 Å². The Bertz CT molecular complexity index is 734. The number of carbonyl (C=O) groups excluding carboxylic acids is 2. The molecule has 2 amide bonds. The van der Waals surface area contributed by atoms with E-state index in [1.165, 1.54) is 0 Å². The van der Waals surface area contributed by atoms with Crippen molar-refractivity contribution >= 4 is 41.7 Å². The van der Waals surface area contributed by atoms with Gasteiger partial charge in [-0.05, 0) is 19.3 Å². The smallest absolute Gasteiger partial charge is 0.326 e. The van der Waals surface area contributed by atoms with Crippen LogP contribution in [0.2, 0.25) is 0 Å². The number of carboxylic acids is 4. The van der Waals surface area contributed by atoms with Gasteiger partial charge in [0.05, 0.1) is 12.5 Å². The third-order valence-corrected chi connectivity index (χ3v) is 3.58. The summed E-state index contributed by atoms with van der Waals surface area (Å²) in [6.07, 6.45) is -1.30. The molecule has 0 rings (SSSR count). The summed E-state index contributed by atoms with van der Waals surface area (Å²) < 4.78 is 0. The van der Waals surface area contributed by atoms with E-state index in [1.807, 2.05) is 0 Å². The minimum Gasteiger partial charge on any atom is -0.481 e. The van der Waals surface area contributed by atoms with Crippen molar-refractivity contribution in [1.29, 1.82) is 0 Å². The van der Waals surface area contributed by atoms with Crippen LogP contribution in [0.4, 0.5) is 0 Å². The standard InChI is InChI=1S/C15H26N6O8.C2H4O2/c16-7(3-4-10(22)23)12(26)21-9(6-11(24)25)13(27)20-8(14(28)29)2-1-5-19-15(17)18;1-2(3)4/h7-9H,1-6,16H2,(H,20,27)(H,21,26)(H,22,23)(H,24,25)(H,28,29)(H4,17,18,19);1H3,(H,3,4). The Hall–Kier alpha value is -3.95. The molecule has 0 aromatic heterocycles. The van der Waals surface area contributed by atoms with Gasteiger partial charge in [0.25, 0.3) is 5.97 Å². The molecule has 0 saturated carbocycles. The molecular weight excluding hydrogens is 448 g/mol. The van der Waals surface area contributed by atoms with Crippen LogP contribution in [-0.2, 0) is 28.8 Å². The topological polar surface area (TPSA) is 298 Å². The third kappa shape index (κ3) is 18.5. The highest BCUT2D eigenvalue weighted by Gasteiger charge is 2.29. The van der Waals surface area contributed by atoms with Gasteiger partial charge in [0.2, 0.25) is 11.8 Å². The molecule has 0 fully saturated rings. The average molecular weight is 478 g/mol. The summed E-state index contributed by atoms with van der Waals surface area (Å²) in [6.45, 7) is 1.20. The molecule has 0 heterocycles. The third-order valence-electron chi connectivity index (χ3n) is 3.58. The molecule has 0 aliphatic rings. The molecule has 3 atom stereocenters. The first-order valence-electron chi connectivity index (χ1n) is 9.44. The van der Waals surface area contributed by atoms with Gasteiger partial charge in [-0.25, -0.2) is 4.79 Å². The van der Waals surface area contributed by atoms with Gasteiger partial charge < -0.3 is 48.3 Å². The lowest BCUT2D eigenvalue weighted by Gasteiger charge is -2.21. The number of aliphatic carboxylic acids is 4. The minimum absolute atomic E-state index is 0.0519. The number of amides is 2. The van der Waals surface area contributed by atoms with Crippen molar-refractivity contribution in [3.05, 3.63) is 0 Å². The number of nitrogens with zero attached hydrogens (tertiary/aromatic N) is 1. The van der Waals surface area contributed by atoms with Crippen molar-refractivity contribution in [1.82, 2.24) is 10.6 Å². The monoisotopic (exact) mass is 478 g/mol. The summed E-state index contributed by atoms with van der Waals surface area (Å²) in [5, 5.41) is 38.4. The zero-order valence-electron chi connectivity index (χ0n) is 17.9. The van der Waals surface area contributed by atoms with E-state index in [9.17, 15) is 29.1 Å². The molecule has 0 aromatic rings. The lowest BCUT2D eigenvalue weighted by molar-refractivity contribution is -0.143. The van der Waals surface area contributed by atoms with Crippen molar-refractivity contribution in [2.75, 3.05) is 6.54 Å². The van der Waals surface area contributed by atoms with Crippen LogP contribution in [0.15, 0.2) is 4.99 Å². The summed E-state index contributed by atoms with van der Waals surface area (Å²) in [4.78, 5) is 69.8. The lowest BCUT2D eigenvalue weighted by atomic mass is 10.1.